The molecule has 134 valence electrons. The van der Waals surface area contributed by atoms with Gasteiger partial charge in [-0.2, -0.15) is 5.10 Å². The van der Waals surface area contributed by atoms with Crippen LogP contribution in [0.4, 0.5) is 11.4 Å². The summed E-state index contributed by atoms with van der Waals surface area (Å²) in [6.07, 6.45) is 3.69. The molecule has 0 aliphatic rings. The first-order valence-corrected chi connectivity index (χ1v) is 8.74. The molecule has 2 aromatic carbocycles. The molecule has 5 nitrogen and oxygen atoms in total. The molecule has 2 N–H and O–H groups in total. The molecule has 0 atom stereocenters. The molecule has 0 fully saturated rings. The van der Waals surface area contributed by atoms with Crippen LogP contribution in [0.5, 0.6) is 5.75 Å². The van der Waals surface area contributed by atoms with Gasteiger partial charge < -0.3 is 15.4 Å². The second-order valence-electron chi connectivity index (χ2n) is 6.23. The topological polar surface area (TPSA) is 51.1 Å². The lowest BCUT2D eigenvalue weighted by atomic mass is 10.1. The molecule has 0 saturated heterocycles. The SMILES string of the molecule is COc1cccc(Cn2cc(NC(=S)Nc3cc(C)cc(C)c3)cn2)c1. The normalized spacial score (nSPS) is 10.4. The van der Waals surface area contributed by atoms with Gasteiger partial charge in [-0.05, 0) is 67.0 Å². The fraction of sp³-hybridized carbons (Fsp3) is 0.200. The van der Waals surface area contributed by atoms with Gasteiger partial charge in [0.15, 0.2) is 5.11 Å². The van der Waals surface area contributed by atoms with Crippen LogP contribution < -0.4 is 15.4 Å². The number of benzene rings is 2. The van der Waals surface area contributed by atoms with Crippen molar-refractivity contribution in [1.82, 2.24) is 9.78 Å². The lowest BCUT2D eigenvalue weighted by Crippen LogP contribution is -2.18. The Morgan fingerprint density at radius 1 is 1.08 bits per heavy atom. The van der Waals surface area contributed by atoms with Gasteiger partial charge in [-0.3, -0.25) is 4.68 Å². The van der Waals surface area contributed by atoms with Crippen molar-refractivity contribution in [2.24, 2.45) is 0 Å². The van der Waals surface area contributed by atoms with Gasteiger partial charge in [-0.25, -0.2) is 0 Å². The van der Waals surface area contributed by atoms with E-state index in [1.807, 2.05) is 35.1 Å². The Balaban J connectivity index is 1.61. The molecule has 6 heteroatoms. The van der Waals surface area contributed by atoms with Crippen molar-refractivity contribution in [2.75, 3.05) is 17.7 Å². The molecule has 1 aromatic heterocycles. The molecule has 0 bridgehead atoms. The van der Waals surface area contributed by atoms with Crippen molar-refractivity contribution in [3.05, 3.63) is 71.5 Å². The number of hydrogen-bond donors (Lipinski definition) is 2. The van der Waals surface area contributed by atoms with E-state index in [9.17, 15) is 0 Å². The molecule has 0 radical (unpaired) electrons. The van der Waals surface area contributed by atoms with Gasteiger partial charge in [0.25, 0.3) is 0 Å². The highest BCUT2D eigenvalue weighted by Crippen LogP contribution is 2.16. The van der Waals surface area contributed by atoms with Crippen LogP contribution in [0.15, 0.2) is 54.9 Å². The third-order valence-electron chi connectivity index (χ3n) is 3.85. The summed E-state index contributed by atoms with van der Waals surface area (Å²) in [5.41, 5.74) is 5.33. The van der Waals surface area contributed by atoms with Crippen LogP contribution >= 0.6 is 12.2 Å². The quantitative estimate of drug-likeness (QED) is 0.657. The van der Waals surface area contributed by atoms with Gasteiger partial charge in [0.05, 0.1) is 25.5 Å². The monoisotopic (exact) mass is 366 g/mol. The lowest BCUT2D eigenvalue weighted by molar-refractivity contribution is 0.414. The molecule has 0 amide bonds. The van der Waals surface area contributed by atoms with Crippen LogP contribution in [0.1, 0.15) is 16.7 Å². The van der Waals surface area contributed by atoms with Crippen LogP contribution in [0.25, 0.3) is 0 Å². The Morgan fingerprint density at radius 2 is 1.81 bits per heavy atom. The first-order chi connectivity index (χ1) is 12.5. The zero-order chi connectivity index (χ0) is 18.5. The zero-order valence-electron chi connectivity index (χ0n) is 15.1. The molecule has 0 unspecified atom stereocenters. The highest BCUT2D eigenvalue weighted by atomic mass is 32.1. The summed E-state index contributed by atoms with van der Waals surface area (Å²) >= 11 is 5.40. The Bertz CT molecular complexity index is 899. The maximum Gasteiger partial charge on any atom is 0.175 e. The highest BCUT2D eigenvalue weighted by molar-refractivity contribution is 7.80. The zero-order valence-corrected chi connectivity index (χ0v) is 15.9. The molecule has 0 aliphatic heterocycles. The maximum absolute atomic E-state index is 5.40. The van der Waals surface area contributed by atoms with Gasteiger partial charge in [-0.15, -0.1) is 0 Å². The summed E-state index contributed by atoms with van der Waals surface area (Å²) in [6.45, 7) is 4.80. The van der Waals surface area contributed by atoms with Gasteiger partial charge >= 0.3 is 0 Å². The number of aromatic nitrogens is 2. The van der Waals surface area contributed by atoms with Gasteiger partial charge in [-0.1, -0.05) is 18.2 Å². The first kappa shape index (κ1) is 17.9. The van der Waals surface area contributed by atoms with Gasteiger partial charge in [0.2, 0.25) is 0 Å². The molecule has 0 aliphatic carbocycles. The van der Waals surface area contributed by atoms with Crippen molar-refractivity contribution in [1.29, 1.82) is 0 Å². The molecular formula is C20H22N4OS. The van der Waals surface area contributed by atoms with Crippen LogP contribution in [0.2, 0.25) is 0 Å². The summed E-state index contributed by atoms with van der Waals surface area (Å²) in [5.74, 6) is 0.840. The van der Waals surface area contributed by atoms with Crippen molar-refractivity contribution in [3.8, 4) is 5.75 Å². The van der Waals surface area contributed by atoms with Crippen LogP contribution in [-0.4, -0.2) is 22.0 Å². The minimum Gasteiger partial charge on any atom is -0.497 e. The number of aryl methyl sites for hydroxylation is 2. The fourth-order valence-corrected chi connectivity index (χ4v) is 3.05. The Hall–Kier alpha value is -2.86. The number of nitrogens with zero attached hydrogens (tertiary/aromatic N) is 2. The predicted molar refractivity (Wildman–Crippen MR) is 110 cm³/mol. The fourth-order valence-electron chi connectivity index (χ4n) is 2.81. The van der Waals surface area contributed by atoms with E-state index in [0.717, 1.165) is 22.7 Å². The summed E-state index contributed by atoms with van der Waals surface area (Å²) in [7, 11) is 1.67. The highest BCUT2D eigenvalue weighted by Gasteiger charge is 2.04. The third-order valence-corrected chi connectivity index (χ3v) is 4.05. The Labute approximate surface area is 159 Å². The summed E-state index contributed by atoms with van der Waals surface area (Å²) < 4.78 is 7.11. The van der Waals surface area contributed by atoms with Gasteiger partial charge in [0, 0.05) is 11.9 Å². The standard InChI is InChI=1S/C20H22N4OS/c1-14-7-15(2)9-17(8-14)22-20(26)23-18-11-21-24(13-18)12-16-5-4-6-19(10-16)25-3/h4-11,13H,12H2,1-3H3,(H2,22,23,26). The third kappa shape index (κ3) is 4.83. The van der Waals surface area contributed by atoms with Crippen LogP contribution in [-0.2, 0) is 6.54 Å². The van der Waals surface area contributed by atoms with E-state index < -0.39 is 0 Å². The molecule has 3 rings (SSSR count). The van der Waals surface area contributed by atoms with E-state index in [1.165, 1.54) is 11.1 Å². The molecular weight excluding hydrogens is 344 g/mol. The second-order valence-corrected chi connectivity index (χ2v) is 6.64. The molecule has 0 spiro atoms. The van der Waals surface area contributed by atoms with E-state index >= 15 is 0 Å². The summed E-state index contributed by atoms with van der Waals surface area (Å²) in [5, 5.41) is 11.3. The van der Waals surface area contributed by atoms with Crippen LogP contribution in [0, 0.1) is 13.8 Å². The van der Waals surface area contributed by atoms with E-state index in [1.54, 1.807) is 13.3 Å². The lowest BCUT2D eigenvalue weighted by Gasteiger charge is -2.10. The first-order valence-electron chi connectivity index (χ1n) is 8.33. The van der Waals surface area contributed by atoms with Crippen molar-refractivity contribution in [3.63, 3.8) is 0 Å². The number of anilines is 2. The van der Waals surface area contributed by atoms with E-state index in [2.05, 4.69) is 47.8 Å². The van der Waals surface area contributed by atoms with Crippen LogP contribution in [0.3, 0.4) is 0 Å². The maximum atomic E-state index is 5.40. The van der Waals surface area contributed by atoms with E-state index in [4.69, 9.17) is 17.0 Å². The van der Waals surface area contributed by atoms with E-state index in [0.29, 0.717) is 11.7 Å². The van der Waals surface area contributed by atoms with E-state index in [-0.39, 0.29) is 0 Å². The molecule has 1 heterocycles. The predicted octanol–water partition coefficient (Wildman–Crippen LogP) is 4.37. The Morgan fingerprint density at radius 3 is 2.54 bits per heavy atom. The number of hydrogen-bond acceptors (Lipinski definition) is 3. The number of thiocarbonyl (C=S) groups is 1. The Kier molecular flexibility index (Phi) is 5.53. The number of nitrogens with one attached hydrogen (secondary N) is 2. The molecule has 3 aromatic rings. The summed E-state index contributed by atoms with van der Waals surface area (Å²) in [6, 6.07) is 14.2. The average molecular weight is 366 g/mol. The number of rotatable bonds is 5. The minimum atomic E-state index is 0.538. The van der Waals surface area contributed by atoms with Crippen molar-refractivity contribution >= 4 is 28.7 Å². The number of ether oxygens (including phenoxy) is 1. The largest absolute Gasteiger partial charge is 0.497 e. The average Bonchev–Trinajstić information content (AvgIpc) is 3.00. The minimum absolute atomic E-state index is 0.538. The molecule has 26 heavy (non-hydrogen) atoms. The number of methoxy groups -OCH3 is 1. The second kappa shape index (κ2) is 8.01. The smallest absolute Gasteiger partial charge is 0.175 e. The van der Waals surface area contributed by atoms with Gasteiger partial charge in [0.1, 0.15) is 5.75 Å². The van der Waals surface area contributed by atoms with Crippen molar-refractivity contribution < 1.29 is 4.74 Å². The van der Waals surface area contributed by atoms with Crippen molar-refractivity contribution in [2.45, 2.75) is 20.4 Å². The molecule has 0 saturated carbocycles. The summed E-state index contributed by atoms with van der Waals surface area (Å²) in [4.78, 5) is 0.